The van der Waals surface area contributed by atoms with Crippen LogP contribution in [0.5, 0.6) is 0 Å². The molecule has 4 rings (SSSR count). The van der Waals surface area contributed by atoms with Crippen LogP contribution in [0.4, 0.5) is 0 Å². The van der Waals surface area contributed by atoms with Crippen LogP contribution in [0, 0.1) is 0 Å². The van der Waals surface area contributed by atoms with Crippen LogP contribution in [-0.2, 0) is 4.74 Å². The Labute approximate surface area is 167 Å². The summed E-state index contributed by atoms with van der Waals surface area (Å²) in [5, 5.41) is 8.82. The highest BCUT2D eigenvalue weighted by Crippen LogP contribution is 2.35. The number of para-hydroxylation sites is 1. The summed E-state index contributed by atoms with van der Waals surface area (Å²) in [6, 6.07) is 21.9. The molecule has 28 heavy (non-hydrogen) atoms. The average molecular weight is 391 g/mol. The van der Waals surface area contributed by atoms with E-state index in [0.29, 0.717) is 11.5 Å². The third-order valence-electron chi connectivity index (χ3n) is 4.43. The second-order valence-corrected chi connectivity index (χ2v) is 7.65. The summed E-state index contributed by atoms with van der Waals surface area (Å²) in [4.78, 5) is 14.3. The quantitative estimate of drug-likeness (QED) is 0.526. The Hall–Kier alpha value is -2.96. The van der Waals surface area contributed by atoms with Crippen LogP contribution in [0.15, 0.2) is 66.7 Å². The van der Waals surface area contributed by atoms with Gasteiger partial charge < -0.3 is 10.1 Å². The zero-order valence-corrected chi connectivity index (χ0v) is 16.6. The molecular formula is C22H21N3O2S. The number of benzene rings is 2. The summed E-state index contributed by atoms with van der Waals surface area (Å²) >= 11 is 1.45. The number of aromatic nitrogens is 2. The van der Waals surface area contributed by atoms with E-state index < -0.39 is 0 Å². The number of amides is 1. The second-order valence-electron chi connectivity index (χ2n) is 6.62. The standard InChI is InChI=1S/C22H21N3O2S/c1-15(14-27-2)23-21(26)19-13-18-20(16-9-5-3-6-10-16)24-25(22(18)28-19)17-11-7-4-8-12-17/h3-13,15H,14H2,1-2H3,(H,23,26)/t15-/m1/s1. The lowest BCUT2D eigenvalue weighted by atomic mass is 10.1. The van der Waals surface area contributed by atoms with Crippen LogP contribution in [-0.4, -0.2) is 35.4 Å². The Morgan fingerprint density at radius 3 is 2.50 bits per heavy atom. The van der Waals surface area contributed by atoms with Crippen molar-refractivity contribution in [1.29, 1.82) is 0 Å². The summed E-state index contributed by atoms with van der Waals surface area (Å²) < 4.78 is 7.03. The van der Waals surface area contributed by atoms with E-state index in [-0.39, 0.29) is 11.9 Å². The minimum absolute atomic E-state index is 0.0538. The molecule has 0 aliphatic rings. The van der Waals surface area contributed by atoms with Crippen LogP contribution in [0.25, 0.3) is 27.2 Å². The molecule has 4 aromatic rings. The van der Waals surface area contributed by atoms with Crippen LogP contribution >= 0.6 is 11.3 Å². The Kier molecular flexibility index (Phi) is 5.23. The molecule has 0 aliphatic carbocycles. The fraction of sp³-hybridized carbons (Fsp3) is 0.182. The van der Waals surface area contributed by atoms with E-state index in [0.717, 1.165) is 27.2 Å². The molecule has 142 valence electrons. The number of ether oxygens (including phenoxy) is 1. The van der Waals surface area contributed by atoms with E-state index in [9.17, 15) is 4.79 Å². The highest BCUT2D eigenvalue weighted by Gasteiger charge is 2.20. The van der Waals surface area contributed by atoms with Gasteiger partial charge in [0.05, 0.1) is 17.2 Å². The van der Waals surface area contributed by atoms with E-state index >= 15 is 0 Å². The maximum atomic E-state index is 12.7. The molecule has 0 radical (unpaired) electrons. The minimum atomic E-state index is -0.0932. The molecule has 0 fully saturated rings. The fourth-order valence-corrected chi connectivity index (χ4v) is 4.19. The molecule has 5 nitrogen and oxygen atoms in total. The summed E-state index contributed by atoms with van der Waals surface area (Å²) in [5.41, 5.74) is 2.87. The first-order chi connectivity index (χ1) is 13.7. The molecule has 2 aromatic heterocycles. The molecule has 0 aliphatic heterocycles. The first kappa shape index (κ1) is 18.4. The zero-order valence-electron chi connectivity index (χ0n) is 15.8. The number of methoxy groups -OCH3 is 1. The van der Waals surface area contributed by atoms with Gasteiger partial charge >= 0.3 is 0 Å². The van der Waals surface area contributed by atoms with Crippen molar-refractivity contribution in [3.63, 3.8) is 0 Å². The van der Waals surface area contributed by atoms with Crippen LogP contribution in [0.1, 0.15) is 16.6 Å². The van der Waals surface area contributed by atoms with Crippen molar-refractivity contribution in [2.75, 3.05) is 13.7 Å². The maximum Gasteiger partial charge on any atom is 0.261 e. The number of rotatable bonds is 6. The van der Waals surface area contributed by atoms with Crippen LogP contribution in [0.2, 0.25) is 0 Å². The first-order valence-corrected chi connectivity index (χ1v) is 9.92. The molecule has 0 unspecified atom stereocenters. The normalized spacial score (nSPS) is 12.2. The number of nitrogens with one attached hydrogen (secondary N) is 1. The summed E-state index contributed by atoms with van der Waals surface area (Å²) in [6.07, 6.45) is 0. The molecule has 6 heteroatoms. The average Bonchev–Trinajstić information content (AvgIpc) is 3.29. The van der Waals surface area contributed by atoms with Gasteiger partial charge in [0.15, 0.2) is 0 Å². The van der Waals surface area contributed by atoms with Gasteiger partial charge in [-0.05, 0) is 25.1 Å². The van der Waals surface area contributed by atoms with Crippen molar-refractivity contribution in [3.8, 4) is 16.9 Å². The van der Waals surface area contributed by atoms with Crippen molar-refractivity contribution >= 4 is 27.5 Å². The Bertz CT molecular complexity index is 1020. The predicted molar refractivity (Wildman–Crippen MR) is 113 cm³/mol. The third kappa shape index (κ3) is 3.56. The number of carbonyl (C=O) groups is 1. The van der Waals surface area contributed by atoms with Crippen molar-refractivity contribution in [2.24, 2.45) is 0 Å². The number of nitrogens with zero attached hydrogens (tertiary/aromatic N) is 2. The number of carbonyl (C=O) groups excluding carboxylic acids is 1. The van der Waals surface area contributed by atoms with Crippen molar-refractivity contribution < 1.29 is 9.53 Å². The second kappa shape index (κ2) is 7.96. The smallest absolute Gasteiger partial charge is 0.261 e. The maximum absolute atomic E-state index is 12.7. The van der Waals surface area contributed by atoms with Gasteiger partial charge in [-0.15, -0.1) is 11.3 Å². The van der Waals surface area contributed by atoms with Crippen molar-refractivity contribution in [2.45, 2.75) is 13.0 Å². The van der Waals surface area contributed by atoms with Gasteiger partial charge in [0.25, 0.3) is 5.91 Å². The molecule has 0 bridgehead atoms. The van der Waals surface area contributed by atoms with Gasteiger partial charge in [0, 0.05) is 24.1 Å². The number of thiophene rings is 1. The topological polar surface area (TPSA) is 56.1 Å². The lowest BCUT2D eigenvalue weighted by Crippen LogP contribution is -2.35. The molecule has 1 amide bonds. The minimum Gasteiger partial charge on any atom is -0.383 e. The summed E-state index contributed by atoms with van der Waals surface area (Å²) in [5.74, 6) is -0.0932. The Morgan fingerprint density at radius 2 is 1.82 bits per heavy atom. The molecule has 2 aromatic carbocycles. The van der Waals surface area contributed by atoms with Gasteiger partial charge in [-0.2, -0.15) is 5.10 Å². The Morgan fingerprint density at radius 1 is 1.14 bits per heavy atom. The monoisotopic (exact) mass is 391 g/mol. The van der Waals surface area contributed by atoms with Crippen LogP contribution < -0.4 is 5.32 Å². The van der Waals surface area contributed by atoms with Gasteiger partial charge in [-0.3, -0.25) is 4.79 Å². The fourth-order valence-electron chi connectivity index (χ4n) is 3.16. The van der Waals surface area contributed by atoms with E-state index in [1.54, 1.807) is 7.11 Å². The molecule has 0 spiro atoms. The largest absolute Gasteiger partial charge is 0.383 e. The zero-order chi connectivity index (χ0) is 19.5. The van der Waals surface area contributed by atoms with Gasteiger partial charge in [0.2, 0.25) is 0 Å². The van der Waals surface area contributed by atoms with E-state index in [1.807, 2.05) is 78.3 Å². The summed E-state index contributed by atoms with van der Waals surface area (Å²) in [7, 11) is 1.63. The van der Waals surface area contributed by atoms with Gasteiger partial charge in [-0.1, -0.05) is 48.5 Å². The molecule has 1 atom stereocenters. The van der Waals surface area contributed by atoms with E-state index in [4.69, 9.17) is 9.84 Å². The molecule has 0 saturated heterocycles. The third-order valence-corrected chi connectivity index (χ3v) is 5.54. The SMILES string of the molecule is COC[C@@H](C)NC(=O)c1cc2c(-c3ccccc3)nn(-c3ccccc3)c2s1. The van der Waals surface area contributed by atoms with E-state index in [1.165, 1.54) is 11.3 Å². The predicted octanol–water partition coefficient (Wildman–Crippen LogP) is 4.52. The van der Waals surface area contributed by atoms with Crippen molar-refractivity contribution in [3.05, 3.63) is 71.6 Å². The highest BCUT2D eigenvalue weighted by molar-refractivity contribution is 7.20. The van der Waals surface area contributed by atoms with Gasteiger partial charge in [0.1, 0.15) is 10.5 Å². The molecule has 1 N–H and O–H groups in total. The molecular weight excluding hydrogens is 370 g/mol. The lowest BCUT2D eigenvalue weighted by molar-refractivity contribution is 0.0909. The summed E-state index contributed by atoms with van der Waals surface area (Å²) in [6.45, 7) is 2.40. The molecule has 0 saturated carbocycles. The van der Waals surface area contributed by atoms with Gasteiger partial charge in [-0.25, -0.2) is 4.68 Å². The van der Waals surface area contributed by atoms with Crippen molar-refractivity contribution in [1.82, 2.24) is 15.1 Å². The lowest BCUT2D eigenvalue weighted by Gasteiger charge is -2.11. The molecule has 2 heterocycles. The van der Waals surface area contributed by atoms with E-state index in [2.05, 4.69) is 5.32 Å². The number of hydrogen-bond donors (Lipinski definition) is 1. The Balaban J connectivity index is 1.81. The van der Waals surface area contributed by atoms with Crippen LogP contribution in [0.3, 0.4) is 0 Å². The number of fused-ring (bicyclic) bond motifs is 1. The first-order valence-electron chi connectivity index (χ1n) is 9.10. The number of hydrogen-bond acceptors (Lipinski definition) is 4. The highest BCUT2D eigenvalue weighted by atomic mass is 32.1.